The van der Waals surface area contributed by atoms with Gasteiger partial charge in [0.15, 0.2) is 0 Å². The van der Waals surface area contributed by atoms with E-state index in [1.807, 2.05) is 48.5 Å². The maximum Gasteiger partial charge on any atom is 0.205 e. The molecule has 27 heavy (non-hydrogen) atoms. The smallest absolute Gasteiger partial charge is 0.205 e. The molecule has 0 saturated heterocycles. The third-order valence-corrected chi connectivity index (χ3v) is 4.97. The van der Waals surface area contributed by atoms with Crippen LogP contribution < -0.4 is 4.74 Å². The number of rotatable bonds is 5. The van der Waals surface area contributed by atoms with Crippen LogP contribution >= 0.6 is 0 Å². The molecule has 134 valence electrons. The van der Waals surface area contributed by atoms with Crippen molar-refractivity contribution in [2.75, 3.05) is 0 Å². The molecule has 1 saturated carbocycles. The molecule has 1 aromatic heterocycles. The third kappa shape index (κ3) is 3.63. The first-order valence-corrected chi connectivity index (χ1v) is 9.24. The van der Waals surface area contributed by atoms with Crippen molar-refractivity contribution in [3.05, 3.63) is 71.4 Å². The Hall–Kier alpha value is -3.32. The Kier molecular flexibility index (Phi) is 4.76. The number of aromatic amines is 1. The molecule has 0 aliphatic heterocycles. The van der Waals surface area contributed by atoms with Gasteiger partial charge in [0.2, 0.25) is 5.78 Å². The van der Waals surface area contributed by atoms with Crippen molar-refractivity contribution in [3.63, 3.8) is 0 Å². The lowest BCUT2D eigenvalue weighted by molar-refractivity contribution is 0.104. The van der Waals surface area contributed by atoms with Gasteiger partial charge in [-0.1, -0.05) is 30.3 Å². The second-order valence-electron chi connectivity index (χ2n) is 6.84. The highest BCUT2D eigenvalue weighted by molar-refractivity contribution is 6.19. The van der Waals surface area contributed by atoms with E-state index in [0.29, 0.717) is 5.56 Å². The molecule has 3 aromatic rings. The summed E-state index contributed by atoms with van der Waals surface area (Å²) in [5, 5.41) is 10.4. The Labute approximate surface area is 158 Å². The summed E-state index contributed by atoms with van der Waals surface area (Å²) in [6.45, 7) is 0. The summed E-state index contributed by atoms with van der Waals surface area (Å²) >= 11 is 0. The molecule has 1 heterocycles. The summed E-state index contributed by atoms with van der Waals surface area (Å²) in [7, 11) is 0. The lowest BCUT2D eigenvalue weighted by atomic mass is 10.0. The average molecular weight is 356 g/mol. The molecule has 1 N–H and O–H groups in total. The summed E-state index contributed by atoms with van der Waals surface area (Å²) in [6, 6.07) is 17.2. The van der Waals surface area contributed by atoms with E-state index in [1.165, 1.54) is 12.8 Å². The van der Waals surface area contributed by atoms with Gasteiger partial charge < -0.3 is 9.72 Å². The Bertz CT molecular complexity index is 1050. The molecule has 0 bridgehead atoms. The molecule has 0 atom stereocenters. The number of para-hydroxylation sites is 1. The van der Waals surface area contributed by atoms with Crippen molar-refractivity contribution in [2.24, 2.45) is 0 Å². The van der Waals surface area contributed by atoms with Gasteiger partial charge in [0.25, 0.3) is 0 Å². The zero-order chi connectivity index (χ0) is 18.6. The number of aromatic nitrogens is 1. The van der Waals surface area contributed by atoms with Gasteiger partial charge in [-0.3, -0.25) is 4.79 Å². The van der Waals surface area contributed by atoms with E-state index in [9.17, 15) is 10.1 Å². The summed E-state index contributed by atoms with van der Waals surface area (Å²) in [6.07, 6.45) is 8.16. The number of hydrogen-bond donors (Lipinski definition) is 1. The summed E-state index contributed by atoms with van der Waals surface area (Å²) in [5.74, 6) is 0.504. The Morgan fingerprint density at radius 3 is 2.78 bits per heavy atom. The number of hydrogen-bond acceptors (Lipinski definition) is 3. The topological polar surface area (TPSA) is 65.9 Å². The number of nitriles is 1. The van der Waals surface area contributed by atoms with Crippen molar-refractivity contribution in [1.29, 1.82) is 5.26 Å². The van der Waals surface area contributed by atoms with Crippen molar-refractivity contribution >= 4 is 22.8 Å². The van der Waals surface area contributed by atoms with Crippen LogP contribution in [-0.4, -0.2) is 16.9 Å². The largest absolute Gasteiger partial charge is 0.490 e. The number of fused-ring (bicyclic) bond motifs is 1. The van der Waals surface area contributed by atoms with E-state index in [1.54, 1.807) is 12.3 Å². The molecule has 0 unspecified atom stereocenters. The third-order valence-electron chi connectivity index (χ3n) is 4.97. The van der Waals surface area contributed by atoms with Crippen LogP contribution in [0.1, 0.15) is 41.6 Å². The van der Waals surface area contributed by atoms with Gasteiger partial charge in [0, 0.05) is 22.7 Å². The molecule has 1 aliphatic rings. The summed E-state index contributed by atoms with van der Waals surface area (Å²) in [5.41, 5.74) is 2.29. The van der Waals surface area contributed by atoms with Crippen molar-refractivity contribution < 1.29 is 9.53 Å². The maximum atomic E-state index is 12.9. The number of nitrogens with one attached hydrogen (secondary N) is 1. The second kappa shape index (κ2) is 7.51. The Morgan fingerprint density at radius 1 is 1.15 bits per heavy atom. The lowest BCUT2D eigenvalue weighted by Crippen LogP contribution is -2.10. The highest BCUT2D eigenvalue weighted by atomic mass is 16.5. The highest BCUT2D eigenvalue weighted by Gasteiger charge is 2.18. The predicted molar refractivity (Wildman–Crippen MR) is 106 cm³/mol. The van der Waals surface area contributed by atoms with Crippen molar-refractivity contribution in [3.8, 4) is 11.8 Å². The molecule has 4 rings (SSSR count). The van der Waals surface area contributed by atoms with Gasteiger partial charge in [0.05, 0.1) is 6.10 Å². The first-order valence-electron chi connectivity index (χ1n) is 9.24. The van der Waals surface area contributed by atoms with Crippen LogP contribution in [0, 0.1) is 11.3 Å². The molecule has 1 aliphatic carbocycles. The Balaban J connectivity index is 1.61. The number of ether oxygens (including phenoxy) is 1. The minimum absolute atomic E-state index is 0.109. The van der Waals surface area contributed by atoms with E-state index in [-0.39, 0.29) is 17.5 Å². The molecular formula is C23H20N2O2. The fourth-order valence-corrected chi connectivity index (χ4v) is 3.60. The second-order valence-corrected chi connectivity index (χ2v) is 6.84. The van der Waals surface area contributed by atoms with Gasteiger partial charge in [-0.25, -0.2) is 0 Å². The van der Waals surface area contributed by atoms with E-state index in [2.05, 4.69) is 11.1 Å². The maximum absolute atomic E-state index is 12.9. The molecule has 0 radical (unpaired) electrons. The van der Waals surface area contributed by atoms with Gasteiger partial charge >= 0.3 is 0 Å². The van der Waals surface area contributed by atoms with E-state index >= 15 is 0 Å². The van der Waals surface area contributed by atoms with Crippen LogP contribution in [0.5, 0.6) is 5.75 Å². The fourth-order valence-electron chi connectivity index (χ4n) is 3.60. The van der Waals surface area contributed by atoms with Crippen LogP contribution in [0.4, 0.5) is 0 Å². The number of benzene rings is 2. The zero-order valence-corrected chi connectivity index (χ0v) is 14.9. The molecule has 0 amide bonds. The summed E-state index contributed by atoms with van der Waals surface area (Å²) < 4.78 is 6.02. The van der Waals surface area contributed by atoms with E-state index in [4.69, 9.17) is 4.74 Å². The number of carbonyl (C=O) groups is 1. The molecular weight excluding hydrogens is 336 g/mol. The molecule has 2 aromatic carbocycles. The van der Waals surface area contributed by atoms with Crippen LogP contribution in [0.25, 0.3) is 17.0 Å². The first kappa shape index (κ1) is 17.1. The lowest BCUT2D eigenvalue weighted by Gasteiger charge is -2.13. The quantitative estimate of drug-likeness (QED) is 0.384. The highest BCUT2D eigenvalue weighted by Crippen LogP contribution is 2.26. The average Bonchev–Trinajstić information content (AvgIpc) is 3.35. The van der Waals surface area contributed by atoms with Crippen LogP contribution in [0.15, 0.2) is 60.3 Å². The number of nitrogens with zero attached hydrogens (tertiary/aromatic N) is 1. The predicted octanol–water partition coefficient (Wildman–Crippen LogP) is 5.28. The molecule has 0 spiro atoms. The zero-order valence-electron chi connectivity index (χ0n) is 14.9. The number of allylic oxidation sites excluding steroid dienone is 1. The van der Waals surface area contributed by atoms with Gasteiger partial charge in [-0.05, 0) is 55.5 Å². The van der Waals surface area contributed by atoms with Crippen LogP contribution in [0.3, 0.4) is 0 Å². The van der Waals surface area contributed by atoms with Crippen molar-refractivity contribution in [1.82, 2.24) is 4.98 Å². The number of Topliss-reactive ketones (excluding diaryl/α,β-unsaturated/α-hetero) is 1. The first-order chi connectivity index (χ1) is 13.2. The standard InChI is InChI=1S/C23H20N2O2/c24-14-17(23(26)21-15-25-22-11-4-3-10-20(21)22)12-16-6-5-9-19(13-16)27-18-7-1-2-8-18/h3-6,9-13,15,18,25H,1-2,7-8H2. The monoisotopic (exact) mass is 356 g/mol. The number of H-pyrrole nitrogens is 1. The van der Waals surface area contributed by atoms with Gasteiger partial charge in [-0.15, -0.1) is 0 Å². The molecule has 1 fully saturated rings. The van der Waals surface area contributed by atoms with Gasteiger partial charge in [-0.2, -0.15) is 5.26 Å². The summed E-state index contributed by atoms with van der Waals surface area (Å²) in [4.78, 5) is 16.0. The molecule has 4 nitrogen and oxygen atoms in total. The van der Waals surface area contributed by atoms with Crippen LogP contribution in [0.2, 0.25) is 0 Å². The minimum atomic E-state index is -0.280. The Morgan fingerprint density at radius 2 is 1.96 bits per heavy atom. The van der Waals surface area contributed by atoms with Crippen LogP contribution in [-0.2, 0) is 0 Å². The number of ketones is 1. The SMILES string of the molecule is N#CC(=Cc1cccc(OC2CCCC2)c1)C(=O)c1c[nH]c2ccccc12. The van der Waals surface area contributed by atoms with Crippen molar-refractivity contribution in [2.45, 2.75) is 31.8 Å². The minimum Gasteiger partial charge on any atom is -0.490 e. The number of carbonyl (C=O) groups excluding carboxylic acids is 1. The molecule has 4 heteroatoms. The van der Waals surface area contributed by atoms with E-state index < -0.39 is 0 Å². The van der Waals surface area contributed by atoms with E-state index in [0.717, 1.165) is 35.1 Å². The van der Waals surface area contributed by atoms with Gasteiger partial charge in [0.1, 0.15) is 17.4 Å². The normalized spacial score (nSPS) is 15.0. The fraction of sp³-hybridized carbons (Fsp3) is 0.217.